The number of ether oxygens (including phenoxy) is 1. The van der Waals surface area contributed by atoms with Crippen molar-refractivity contribution in [3.05, 3.63) is 28.0 Å². The van der Waals surface area contributed by atoms with Gasteiger partial charge in [-0.2, -0.15) is 13.2 Å². The number of halogens is 5. The van der Waals surface area contributed by atoms with Crippen LogP contribution in [0.2, 0.25) is 0 Å². The zero-order chi connectivity index (χ0) is 13.1. The number of benzene rings is 1. The minimum absolute atomic E-state index is 0.105. The summed E-state index contributed by atoms with van der Waals surface area (Å²) in [6.45, 7) is 2.20. The summed E-state index contributed by atoms with van der Waals surface area (Å²) in [5.74, 6) is -1.09. The van der Waals surface area contributed by atoms with Gasteiger partial charge in [-0.15, -0.1) is 0 Å². The van der Waals surface area contributed by atoms with Crippen molar-refractivity contribution in [3.63, 3.8) is 0 Å². The molecule has 0 aromatic heterocycles. The van der Waals surface area contributed by atoms with Gasteiger partial charge in [-0.1, -0.05) is 13.3 Å². The predicted octanol–water partition coefficient (Wildman–Crippen LogP) is 4.79. The highest BCUT2D eigenvalue weighted by Gasteiger charge is 2.34. The fourth-order valence-corrected chi connectivity index (χ4v) is 1.64. The Morgan fingerprint density at radius 3 is 2.47 bits per heavy atom. The molecule has 0 radical (unpaired) electrons. The van der Waals surface area contributed by atoms with Gasteiger partial charge in [0.25, 0.3) is 0 Å². The SMILES string of the molecule is CCCCOc1cc(F)c(Br)c(C(F)(F)F)c1. The molecule has 0 aliphatic rings. The van der Waals surface area contributed by atoms with E-state index in [0.29, 0.717) is 6.42 Å². The summed E-state index contributed by atoms with van der Waals surface area (Å²) in [5.41, 5.74) is -1.07. The first-order valence-corrected chi connectivity index (χ1v) is 5.84. The van der Waals surface area contributed by atoms with Crippen molar-refractivity contribution >= 4 is 15.9 Å². The van der Waals surface area contributed by atoms with Crippen LogP contribution >= 0.6 is 15.9 Å². The van der Waals surface area contributed by atoms with Crippen LogP contribution in [0.3, 0.4) is 0 Å². The molecule has 0 aliphatic heterocycles. The molecule has 0 heterocycles. The third-order valence-electron chi connectivity index (χ3n) is 2.07. The van der Waals surface area contributed by atoms with Gasteiger partial charge >= 0.3 is 6.18 Å². The fourth-order valence-electron chi connectivity index (χ4n) is 1.19. The molecule has 1 aromatic carbocycles. The van der Waals surface area contributed by atoms with Crippen LogP contribution < -0.4 is 4.74 Å². The molecule has 1 aromatic rings. The van der Waals surface area contributed by atoms with E-state index < -0.39 is 22.0 Å². The maximum absolute atomic E-state index is 13.3. The number of hydrogen-bond acceptors (Lipinski definition) is 1. The quantitative estimate of drug-likeness (QED) is 0.573. The van der Waals surface area contributed by atoms with E-state index in [4.69, 9.17) is 4.74 Å². The lowest BCUT2D eigenvalue weighted by Gasteiger charge is -2.12. The average Bonchev–Trinajstić information content (AvgIpc) is 2.21. The summed E-state index contributed by atoms with van der Waals surface area (Å²) < 4.78 is 55.4. The number of unbranched alkanes of at least 4 members (excludes halogenated alkanes) is 1. The molecule has 0 spiro atoms. The van der Waals surface area contributed by atoms with Crippen molar-refractivity contribution in [1.82, 2.24) is 0 Å². The molecule has 0 unspecified atom stereocenters. The maximum atomic E-state index is 13.3. The van der Waals surface area contributed by atoms with Gasteiger partial charge in [0.2, 0.25) is 0 Å². The van der Waals surface area contributed by atoms with Gasteiger partial charge in [0, 0.05) is 6.07 Å². The first-order chi connectivity index (χ1) is 7.86. The maximum Gasteiger partial charge on any atom is 0.417 e. The Hall–Kier alpha value is -0.780. The first kappa shape index (κ1) is 14.3. The van der Waals surface area contributed by atoms with Gasteiger partial charge in [0.15, 0.2) is 0 Å². The molecule has 0 saturated carbocycles. The highest BCUT2D eigenvalue weighted by Crippen LogP contribution is 2.38. The van der Waals surface area contributed by atoms with Gasteiger partial charge in [0.1, 0.15) is 11.6 Å². The molecular weight excluding hydrogens is 304 g/mol. The molecule has 1 nitrogen and oxygen atoms in total. The summed E-state index contributed by atoms with van der Waals surface area (Å²) in [6, 6.07) is 1.73. The van der Waals surface area contributed by atoms with E-state index in [2.05, 4.69) is 15.9 Å². The normalized spacial score (nSPS) is 11.6. The molecule has 0 bridgehead atoms. The van der Waals surface area contributed by atoms with Crippen molar-refractivity contribution in [2.24, 2.45) is 0 Å². The second-order valence-electron chi connectivity index (χ2n) is 3.47. The Kier molecular flexibility index (Phi) is 4.80. The number of hydrogen-bond donors (Lipinski definition) is 0. The van der Waals surface area contributed by atoms with Gasteiger partial charge in [-0.3, -0.25) is 0 Å². The largest absolute Gasteiger partial charge is 0.493 e. The molecule has 1 rings (SSSR count). The lowest BCUT2D eigenvalue weighted by atomic mass is 10.2. The highest BCUT2D eigenvalue weighted by atomic mass is 79.9. The van der Waals surface area contributed by atoms with E-state index in [1.165, 1.54) is 0 Å². The average molecular weight is 315 g/mol. The molecule has 96 valence electrons. The fraction of sp³-hybridized carbons (Fsp3) is 0.455. The Balaban J connectivity index is 2.98. The van der Waals surface area contributed by atoms with Crippen LogP contribution in [0.5, 0.6) is 5.75 Å². The van der Waals surface area contributed by atoms with E-state index in [-0.39, 0.29) is 12.4 Å². The lowest BCUT2D eigenvalue weighted by molar-refractivity contribution is -0.138. The standard InChI is InChI=1S/C11H11BrF4O/c1-2-3-4-17-7-5-8(11(14,15)16)10(12)9(13)6-7/h5-6H,2-4H2,1H3. The highest BCUT2D eigenvalue weighted by molar-refractivity contribution is 9.10. The molecule has 17 heavy (non-hydrogen) atoms. The van der Waals surface area contributed by atoms with Crippen LogP contribution in [0, 0.1) is 5.82 Å². The van der Waals surface area contributed by atoms with E-state index in [1.54, 1.807) is 0 Å². The van der Waals surface area contributed by atoms with E-state index in [1.807, 2.05) is 6.92 Å². The van der Waals surface area contributed by atoms with E-state index in [0.717, 1.165) is 18.6 Å². The van der Waals surface area contributed by atoms with Crippen LogP contribution in [0.4, 0.5) is 17.6 Å². The van der Waals surface area contributed by atoms with Gasteiger partial charge in [0.05, 0.1) is 16.6 Å². The Morgan fingerprint density at radius 2 is 1.94 bits per heavy atom. The minimum Gasteiger partial charge on any atom is -0.493 e. The minimum atomic E-state index is -4.61. The van der Waals surface area contributed by atoms with Crippen LogP contribution in [0.1, 0.15) is 25.3 Å². The van der Waals surface area contributed by atoms with Crippen LogP contribution in [-0.2, 0) is 6.18 Å². The van der Waals surface area contributed by atoms with Gasteiger partial charge in [-0.05, 0) is 28.4 Å². The molecule has 0 fully saturated rings. The van der Waals surface area contributed by atoms with Crippen molar-refractivity contribution in [2.75, 3.05) is 6.61 Å². The summed E-state index contributed by atoms with van der Waals surface area (Å²) >= 11 is 2.58. The number of rotatable bonds is 4. The molecular formula is C11H11BrF4O. The molecule has 0 N–H and O–H groups in total. The third kappa shape index (κ3) is 3.87. The molecule has 0 aliphatic carbocycles. The predicted molar refractivity (Wildman–Crippen MR) is 59.5 cm³/mol. The smallest absolute Gasteiger partial charge is 0.417 e. The second-order valence-corrected chi connectivity index (χ2v) is 4.26. The monoisotopic (exact) mass is 314 g/mol. The summed E-state index contributed by atoms with van der Waals surface area (Å²) in [5, 5.41) is 0. The van der Waals surface area contributed by atoms with Gasteiger partial charge in [-0.25, -0.2) is 4.39 Å². The van der Waals surface area contributed by atoms with E-state index >= 15 is 0 Å². The van der Waals surface area contributed by atoms with Crippen molar-refractivity contribution in [1.29, 1.82) is 0 Å². The van der Waals surface area contributed by atoms with Gasteiger partial charge < -0.3 is 4.74 Å². The van der Waals surface area contributed by atoms with Crippen LogP contribution in [-0.4, -0.2) is 6.61 Å². The summed E-state index contributed by atoms with van der Waals surface area (Å²) in [6.07, 6.45) is -3.05. The Labute approximate surface area is 105 Å². The molecule has 6 heteroatoms. The Morgan fingerprint density at radius 1 is 1.29 bits per heavy atom. The third-order valence-corrected chi connectivity index (χ3v) is 2.88. The Bertz CT molecular complexity index is 390. The van der Waals surface area contributed by atoms with Crippen LogP contribution in [0.25, 0.3) is 0 Å². The van der Waals surface area contributed by atoms with Crippen molar-refractivity contribution in [2.45, 2.75) is 25.9 Å². The van der Waals surface area contributed by atoms with Crippen LogP contribution in [0.15, 0.2) is 16.6 Å². The first-order valence-electron chi connectivity index (χ1n) is 5.05. The molecule has 0 atom stereocenters. The summed E-state index contributed by atoms with van der Waals surface area (Å²) in [4.78, 5) is 0. The second kappa shape index (κ2) is 5.71. The lowest BCUT2D eigenvalue weighted by Crippen LogP contribution is -2.08. The zero-order valence-corrected chi connectivity index (χ0v) is 10.7. The molecule has 0 amide bonds. The van der Waals surface area contributed by atoms with Crippen molar-refractivity contribution < 1.29 is 22.3 Å². The summed E-state index contributed by atoms with van der Waals surface area (Å²) in [7, 11) is 0. The van der Waals surface area contributed by atoms with E-state index in [9.17, 15) is 17.6 Å². The topological polar surface area (TPSA) is 9.23 Å². The van der Waals surface area contributed by atoms with Crippen molar-refractivity contribution in [3.8, 4) is 5.75 Å². The number of alkyl halides is 3. The zero-order valence-electron chi connectivity index (χ0n) is 9.07. The molecule has 0 saturated heterocycles.